The molecule has 0 bridgehead atoms. The molecule has 4 atom stereocenters. The van der Waals surface area contributed by atoms with Crippen LogP contribution >= 0.6 is 0 Å². The summed E-state index contributed by atoms with van der Waals surface area (Å²) >= 11 is 0. The van der Waals surface area contributed by atoms with Crippen molar-refractivity contribution in [3.8, 4) is 0 Å². The fourth-order valence-electron chi connectivity index (χ4n) is 2.27. The Morgan fingerprint density at radius 2 is 2.20 bits per heavy atom. The first-order valence-corrected chi connectivity index (χ1v) is 5.88. The van der Waals surface area contributed by atoms with E-state index in [4.69, 9.17) is 15.6 Å². The lowest BCUT2D eigenvalue weighted by molar-refractivity contribution is -0.0565. The normalized spacial score (nSPS) is 30.1. The van der Waals surface area contributed by atoms with E-state index in [1.807, 2.05) is 0 Å². The first-order chi connectivity index (χ1) is 9.54. The van der Waals surface area contributed by atoms with E-state index in [0.717, 1.165) is 4.68 Å². The fraction of sp³-hybridized carbons (Fsp3) is 0.500. The van der Waals surface area contributed by atoms with Gasteiger partial charge in [-0.25, -0.2) is 9.67 Å². The molecule has 0 aliphatic carbocycles. The summed E-state index contributed by atoms with van der Waals surface area (Å²) in [6.07, 6.45) is -3.46. The molecule has 1 fully saturated rings. The number of aliphatic hydroxyl groups is 3. The number of fused-ring (bicyclic) bond motifs is 1. The van der Waals surface area contributed by atoms with E-state index in [0.29, 0.717) is 0 Å². The van der Waals surface area contributed by atoms with Crippen molar-refractivity contribution in [3.63, 3.8) is 0 Å². The van der Waals surface area contributed by atoms with E-state index in [9.17, 15) is 15.0 Å². The average molecular weight is 283 g/mol. The molecule has 108 valence electrons. The summed E-state index contributed by atoms with van der Waals surface area (Å²) in [6.45, 7) is -0.461. The smallest absolute Gasteiger partial charge is 0.264 e. The van der Waals surface area contributed by atoms with Crippen LogP contribution in [0, 0.1) is 0 Å². The number of anilines is 1. The quantitative estimate of drug-likeness (QED) is 0.398. The number of aromatic nitrogens is 4. The molecule has 0 aromatic carbocycles. The van der Waals surface area contributed by atoms with Gasteiger partial charge in [0.1, 0.15) is 23.7 Å². The summed E-state index contributed by atoms with van der Waals surface area (Å²) in [6, 6.07) is 0. The van der Waals surface area contributed by atoms with Gasteiger partial charge in [-0.3, -0.25) is 4.79 Å². The van der Waals surface area contributed by atoms with E-state index < -0.39 is 36.7 Å². The first kappa shape index (κ1) is 13.0. The lowest BCUT2D eigenvalue weighted by atomic mass is 10.1. The third-order valence-corrected chi connectivity index (χ3v) is 3.28. The summed E-state index contributed by atoms with van der Waals surface area (Å²) in [4.78, 5) is 18.0. The Labute approximate surface area is 111 Å². The second-order valence-corrected chi connectivity index (χ2v) is 4.49. The van der Waals surface area contributed by atoms with Gasteiger partial charge in [0.05, 0.1) is 12.9 Å². The van der Waals surface area contributed by atoms with Gasteiger partial charge in [0, 0.05) is 0 Å². The van der Waals surface area contributed by atoms with Crippen LogP contribution in [0.2, 0.25) is 0 Å². The zero-order valence-corrected chi connectivity index (χ0v) is 10.2. The number of H-pyrrole nitrogens is 1. The van der Waals surface area contributed by atoms with Crippen LogP contribution in [0.3, 0.4) is 0 Å². The highest BCUT2D eigenvalue weighted by atomic mass is 16.6. The topological polar surface area (TPSA) is 160 Å². The van der Waals surface area contributed by atoms with Crippen LogP contribution in [0.5, 0.6) is 0 Å². The van der Waals surface area contributed by atoms with Crippen molar-refractivity contribution in [2.24, 2.45) is 0 Å². The predicted octanol–water partition coefficient (Wildman–Crippen LogP) is -2.69. The number of rotatable bonds is 2. The molecule has 2 aromatic rings. The second-order valence-electron chi connectivity index (χ2n) is 4.49. The van der Waals surface area contributed by atoms with Crippen LogP contribution in [0.15, 0.2) is 11.1 Å². The standard InChI is InChI=1S/C10H13N5O5/c11-7-4-8(12-2-13-9(4)19)15(14-7)10-6(18)5(17)3(1-16)20-10/h2-3,5-6,10,16-18H,1H2,(H2,11,14)(H,12,13,19)/t3-,5-,6-,10-/m1/s1. The molecule has 10 heteroatoms. The highest BCUT2D eigenvalue weighted by Crippen LogP contribution is 2.31. The van der Waals surface area contributed by atoms with E-state index >= 15 is 0 Å². The number of nitrogens with one attached hydrogen (secondary N) is 1. The molecule has 10 nitrogen and oxygen atoms in total. The molecule has 3 rings (SSSR count). The zero-order chi connectivity index (χ0) is 14.4. The molecule has 6 N–H and O–H groups in total. The van der Waals surface area contributed by atoms with Crippen LogP contribution in [0.1, 0.15) is 6.23 Å². The lowest BCUT2D eigenvalue weighted by Gasteiger charge is -2.15. The first-order valence-electron chi connectivity index (χ1n) is 5.88. The number of aromatic amines is 1. The van der Waals surface area contributed by atoms with Gasteiger partial charge in [-0.2, -0.15) is 5.10 Å². The zero-order valence-electron chi connectivity index (χ0n) is 10.2. The summed E-state index contributed by atoms with van der Waals surface area (Å²) < 4.78 is 6.45. The highest BCUT2D eigenvalue weighted by molar-refractivity contribution is 5.85. The van der Waals surface area contributed by atoms with Gasteiger partial charge in [0.25, 0.3) is 5.56 Å². The summed E-state index contributed by atoms with van der Waals surface area (Å²) in [5, 5.41) is 32.7. The van der Waals surface area contributed by atoms with Gasteiger partial charge in [-0.05, 0) is 0 Å². The van der Waals surface area contributed by atoms with Gasteiger partial charge in [-0.15, -0.1) is 0 Å². The maximum atomic E-state index is 11.7. The minimum absolute atomic E-state index is 0.0629. The predicted molar refractivity (Wildman–Crippen MR) is 65.6 cm³/mol. The van der Waals surface area contributed by atoms with E-state index in [-0.39, 0.29) is 16.9 Å². The van der Waals surface area contributed by atoms with E-state index in [1.165, 1.54) is 6.33 Å². The molecule has 1 saturated heterocycles. The fourth-order valence-corrected chi connectivity index (χ4v) is 2.27. The Morgan fingerprint density at radius 1 is 1.45 bits per heavy atom. The number of hydrogen-bond donors (Lipinski definition) is 5. The Morgan fingerprint density at radius 3 is 2.85 bits per heavy atom. The van der Waals surface area contributed by atoms with Crippen molar-refractivity contribution in [2.45, 2.75) is 24.5 Å². The third-order valence-electron chi connectivity index (χ3n) is 3.28. The number of aliphatic hydroxyl groups excluding tert-OH is 3. The maximum absolute atomic E-state index is 11.7. The van der Waals surface area contributed by atoms with Gasteiger partial charge in [0.15, 0.2) is 17.7 Å². The molecule has 1 aliphatic rings. The summed E-state index contributed by atoms with van der Waals surface area (Å²) in [7, 11) is 0. The second kappa shape index (κ2) is 4.52. The molecule has 0 radical (unpaired) electrons. The van der Waals surface area contributed by atoms with Gasteiger partial charge < -0.3 is 30.8 Å². The summed E-state index contributed by atoms with van der Waals surface area (Å²) in [5.74, 6) is -0.0629. The molecule has 0 spiro atoms. The number of nitrogens with zero attached hydrogens (tertiary/aromatic N) is 3. The minimum atomic E-state index is -1.32. The molecule has 1 aliphatic heterocycles. The molecule has 0 saturated carbocycles. The molecule has 2 aromatic heterocycles. The molecule has 0 amide bonds. The SMILES string of the molecule is Nc1nn([C@@H]2O[C@H](CO)[C@@H](O)[C@H]2O)c2nc[nH]c(=O)c12. The summed E-state index contributed by atoms with van der Waals surface area (Å²) in [5.41, 5.74) is 5.31. The largest absolute Gasteiger partial charge is 0.394 e. The van der Waals surface area contributed by atoms with Crippen molar-refractivity contribution >= 4 is 16.9 Å². The molecule has 20 heavy (non-hydrogen) atoms. The Bertz CT molecular complexity index is 697. The van der Waals surface area contributed by atoms with Gasteiger partial charge >= 0.3 is 0 Å². The molecule has 0 unspecified atom stereocenters. The Hall–Kier alpha value is -2.01. The monoisotopic (exact) mass is 283 g/mol. The van der Waals surface area contributed by atoms with Crippen LogP contribution in [-0.4, -0.2) is 60.0 Å². The molecular formula is C10H13N5O5. The van der Waals surface area contributed by atoms with E-state index in [1.54, 1.807) is 0 Å². The molecular weight excluding hydrogens is 270 g/mol. The number of nitrogens with two attached hydrogens (primary N) is 1. The Balaban J connectivity index is 2.12. The van der Waals surface area contributed by atoms with Crippen molar-refractivity contribution in [1.82, 2.24) is 19.7 Å². The number of nitrogen functional groups attached to an aromatic ring is 1. The van der Waals surface area contributed by atoms with Crippen molar-refractivity contribution < 1.29 is 20.1 Å². The van der Waals surface area contributed by atoms with E-state index in [2.05, 4.69) is 15.1 Å². The van der Waals surface area contributed by atoms with Gasteiger partial charge in [0.2, 0.25) is 0 Å². The van der Waals surface area contributed by atoms with Crippen LogP contribution in [-0.2, 0) is 4.74 Å². The average Bonchev–Trinajstić information content (AvgIpc) is 2.90. The van der Waals surface area contributed by atoms with Crippen molar-refractivity contribution in [2.75, 3.05) is 12.3 Å². The Kier molecular flexibility index (Phi) is 2.94. The van der Waals surface area contributed by atoms with Gasteiger partial charge in [-0.1, -0.05) is 0 Å². The van der Waals surface area contributed by atoms with Crippen molar-refractivity contribution in [1.29, 1.82) is 0 Å². The lowest BCUT2D eigenvalue weighted by Crippen LogP contribution is -2.33. The van der Waals surface area contributed by atoms with Crippen molar-refractivity contribution in [3.05, 3.63) is 16.7 Å². The third kappa shape index (κ3) is 1.70. The number of hydrogen-bond acceptors (Lipinski definition) is 8. The number of ether oxygens (including phenoxy) is 1. The van der Waals surface area contributed by atoms with Crippen LogP contribution in [0.4, 0.5) is 5.82 Å². The minimum Gasteiger partial charge on any atom is -0.394 e. The van der Waals surface area contributed by atoms with Crippen LogP contribution < -0.4 is 11.3 Å². The maximum Gasteiger partial charge on any atom is 0.264 e. The van der Waals surface area contributed by atoms with Crippen LogP contribution in [0.25, 0.3) is 11.0 Å². The molecule has 3 heterocycles. The highest BCUT2D eigenvalue weighted by Gasteiger charge is 2.44.